The fourth-order valence-corrected chi connectivity index (χ4v) is 2.51. The molecule has 0 fully saturated rings. The maximum Gasteiger partial charge on any atom is 0.163 e. The first kappa shape index (κ1) is 13.8. The molecule has 2 aromatic rings. The fraction of sp³-hybridized carbons (Fsp3) is 0.333. The van der Waals surface area contributed by atoms with Gasteiger partial charge in [0.25, 0.3) is 0 Å². The van der Waals surface area contributed by atoms with Crippen LogP contribution in [0.1, 0.15) is 31.0 Å². The SMILES string of the molecule is CCc1ccc(C(C)Nc2ccc3c(c2)OCCO3)cc1. The molecule has 1 N–H and O–H groups in total. The monoisotopic (exact) mass is 283 g/mol. The molecule has 0 radical (unpaired) electrons. The number of benzene rings is 2. The van der Waals surface area contributed by atoms with Gasteiger partial charge in [0.15, 0.2) is 11.5 Å². The molecule has 0 amide bonds. The minimum Gasteiger partial charge on any atom is -0.486 e. The molecule has 0 aliphatic carbocycles. The van der Waals surface area contributed by atoms with Gasteiger partial charge in [0.05, 0.1) is 0 Å². The van der Waals surface area contributed by atoms with E-state index >= 15 is 0 Å². The molecule has 0 bridgehead atoms. The molecule has 3 nitrogen and oxygen atoms in total. The Morgan fingerprint density at radius 2 is 1.71 bits per heavy atom. The molecule has 1 unspecified atom stereocenters. The van der Waals surface area contributed by atoms with Crippen LogP contribution in [0.15, 0.2) is 42.5 Å². The number of nitrogens with one attached hydrogen (secondary N) is 1. The molecule has 3 heteroatoms. The van der Waals surface area contributed by atoms with E-state index in [-0.39, 0.29) is 6.04 Å². The van der Waals surface area contributed by atoms with E-state index in [1.807, 2.05) is 18.2 Å². The molecule has 3 rings (SSSR count). The van der Waals surface area contributed by atoms with Gasteiger partial charge in [0.1, 0.15) is 13.2 Å². The molecule has 1 atom stereocenters. The summed E-state index contributed by atoms with van der Waals surface area (Å²) in [4.78, 5) is 0. The lowest BCUT2D eigenvalue weighted by molar-refractivity contribution is 0.171. The van der Waals surface area contributed by atoms with Crippen molar-refractivity contribution in [2.75, 3.05) is 18.5 Å². The highest BCUT2D eigenvalue weighted by atomic mass is 16.6. The van der Waals surface area contributed by atoms with Gasteiger partial charge in [0.2, 0.25) is 0 Å². The highest BCUT2D eigenvalue weighted by Gasteiger charge is 2.13. The topological polar surface area (TPSA) is 30.5 Å². The summed E-state index contributed by atoms with van der Waals surface area (Å²) >= 11 is 0. The van der Waals surface area contributed by atoms with Crippen molar-refractivity contribution in [2.24, 2.45) is 0 Å². The Morgan fingerprint density at radius 3 is 2.43 bits per heavy atom. The molecule has 110 valence electrons. The van der Waals surface area contributed by atoms with Crippen molar-refractivity contribution in [1.29, 1.82) is 0 Å². The maximum atomic E-state index is 5.62. The van der Waals surface area contributed by atoms with Crippen LogP contribution in [0.5, 0.6) is 11.5 Å². The number of hydrogen-bond donors (Lipinski definition) is 1. The van der Waals surface area contributed by atoms with Crippen LogP contribution in [-0.2, 0) is 6.42 Å². The number of fused-ring (bicyclic) bond motifs is 1. The minimum absolute atomic E-state index is 0.249. The molecule has 1 heterocycles. The summed E-state index contributed by atoms with van der Waals surface area (Å²) in [6, 6.07) is 15.0. The number of ether oxygens (including phenoxy) is 2. The van der Waals surface area contributed by atoms with Gasteiger partial charge in [0, 0.05) is 17.8 Å². The largest absolute Gasteiger partial charge is 0.486 e. The molecule has 0 spiro atoms. The first-order valence-electron chi connectivity index (χ1n) is 7.51. The molecular weight excluding hydrogens is 262 g/mol. The van der Waals surface area contributed by atoms with E-state index in [1.54, 1.807) is 0 Å². The highest BCUT2D eigenvalue weighted by molar-refractivity contribution is 5.56. The van der Waals surface area contributed by atoms with Crippen LogP contribution >= 0.6 is 0 Å². The Morgan fingerprint density at radius 1 is 1.00 bits per heavy atom. The Hall–Kier alpha value is -2.16. The third-order valence-corrected chi connectivity index (χ3v) is 3.81. The summed E-state index contributed by atoms with van der Waals surface area (Å²) < 4.78 is 11.2. The zero-order valence-electron chi connectivity index (χ0n) is 12.6. The zero-order valence-corrected chi connectivity index (χ0v) is 12.6. The van der Waals surface area contributed by atoms with Crippen molar-refractivity contribution in [3.05, 3.63) is 53.6 Å². The van der Waals surface area contributed by atoms with Gasteiger partial charge in [-0.05, 0) is 36.6 Å². The summed E-state index contributed by atoms with van der Waals surface area (Å²) in [5, 5.41) is 3.51. The summed E-state index contributed by atoms with van der Waals surface area (Å²) in [5.41, 5.74) is 3.69. The van der Waals surface area contributed by atoms with Crippen LogP contribution in [0.4, 0.5) is 5.69 Å². The quantitative estimate of drug-likeness (QED) is 0.912. The van der Waals surface area contributed by atoms with E-state index < -0.39 is 0 Å². The molecular formula is C18H21NO2. The molecule has 21 heavy (non-hydrogen) atoms. The van der Waals surface area contributed by atoms with E-state index in [0.717, 1.165) is 23.6 Å². The summed E-state index contributed by atoms with van der Waals surface area (Å²) in [6.45, 7) is 5.58. The van der Waals surface area contributed by atoms with Crippen molar-refractivity contribution >= 4 is 5.69 Å². The Bertz CT molecular complexity index is 607. The van der Waals surface area contributed by atoms with Crippen LogP contribution in [0, 0.1) is 0 Å². The van der Waals surface area contributed by atoms with Gasteiger partial charge in [-0.1, -0.05) is 31.2 Å². The third-order valence-electron chi connectivity index (χ3n) is 3.81. The predicted octanol–water partition coefficient (Wildman–Crippen LogP) is 4.19. The van der Waals surface area contributed by atoms with Gasteiger partial charge in [-0.3, -0.25) is 0 Å². The lowest BCUT2D eigenvalue weighted by atomic mass is 10.0. The summed E-state index contributed by atoms with van der Waals surface area (Å²) in [7, 11) is 0. The average molecular weight is 283 g/mol. The molecule has 1 aliphatic heterocycles. The molecule has 0 aromatic heterocycles. The summed E-state index contributed by atoms with van der Waals surface area (Å²) in [6.07, 6.45) is 1.07. The van der Waals surface area contributed by atoms with E-state index in [1.165, 1.54) is 11.1 Å². The Kier molecular flexibility index (Phi) is 4.00. The standard InChI is InChI=1S/C18H21NO2/c1-3-14-4-6-15(7-5-14)13(2)19-16-8-9-17-18(12-16)21-11-10-20-17/h4-9,12-13,19H,3,10-11H2,1-2H3. The van der Waals surface area contributed by atoms with Gasteiger partial charge in [-0.25, -0.2) is 0 Å². The maximum absolute atomic E-state index is 5.62. The molecule has 0 saturated carbocycles. The number of anilines is 1. The van der Waals surface area contributed by atoms with Gasteiger partial charge >= 0.3 is 0 Å². The lowest BCUT2D eigenvalue weighted by Gasteiger charge is -2.21. The van der Waals surface area contributed by atoms with Crippen molar-refractivity contribution in [1.82, 2.24) is 0 Å². The van der Waals surface area contributed by atoms with Crippen LogP contribution in [-0.4, -0.2) is 13.2 Å². The first-order valence-corrected chi connectivity index (χ1v) is 7.51. The molecule has 0 saturated heterocycles. The molecule has 2 aromatic carbocycles. The highest BCUT2D eigenvalue weighted by Crippen LogP contribution is 2.33. The van der Waals surface area contributed by atoms with Crippen LogP contribution < -0.4 is 14.8 Å². The second-order valence-electron chi connectivity index (χ2n) is 5.32. The van der Waals surface area contributed by atoms with Crippen molar-refractivity contribution in [2.45, 2.75) is 26.3 Å². The number of hydrogen-bond acceptors (Lipinski definition) is 3. The Balaban J connectivity index is 1.72. The van der Waals surface area contributed by atoms with Crippen LogP contribution in [0.25, 0.3) is 0 Å². The van der Waals surface area contributed by atoms with Crippen molar-refractivity contribution in [3.63, 3.8) is 0 Å². The minimum atomic E-state index is 0.249. The van der Waals surface area contributed by atoms with E-state index in [0.29, 0.717) is 13.2 Å². The number of rotatable bonds is 4. The molecule has 1 aliphatic rings. The zero-order chi connectivity index (χ0) is 14.7. The second-order valence-corrected chi connectivity index (χ2v) is 5.32. The fourth-order valence-electron chi connectivity index (χ4n) is 2.51. The third kappa shape index (κ3) is 3.13. The lowest BCUT2D eigenvalue weighted by Crippen LogP contribution is -2.15. The number of aryl methyl sites for hydroxylation is 1. The van der Waals surface area contributed by atoms with Crippen molar-refractivity contribution in [3.8, 4) is 11.5 Å². The summed E-state index contributed by atoms with van der Waals surface area (Å²) in [5.74, 6) is 1.64. The van der Waals surface area contributed by atoms with Gasteiger partial charge in [-0.15, -0.1) is 0 Å². The Labute approximate surface area is 125 Å². The van der Waals surface area contributed by atoms with E-state index in [9.17, 15) is 0 Å². The van der Waals surface area contributed by atoms with Crippen LogP contribution in [0.2, 0.25) is 0 Å². The van der Waals surface area contributed by atoms with E-state index in [4.69, 9.17) is 9.47 Å². The van der Waals surface area contributed by atoms with Crippen LogP contribution in [0.3, 0.4) is 0 Å². The van der Waals surface area contributed by atoms with E-state index in [2.05, 4.69) is 43.4 Å². The first-order chi connectivity index (χ1) is 10.3. The predicted molar refractivity (Wildman–Crippen MR) is 85.3 cm³/mol. The normalized spacial score (nSPS) is 14.6. The van der Waals surface area contributed by atoms with Gasteiger partial charge in [-0.2, -0.15) is 0 Å². The average Bonchev–Trinajstić information content (AvgIpc) is 2.55. The van der Waals surface area contributed by atoms with Gasteiger partial charge < -0.3 is 14.8 Å². The second kappa shape index (κ2) is 6.08. The smallest absolute Gasteiger partial charge is 0.163 e. The van der Waals surface area contributed by atoms with Crippen molar-refractivity contribution < 1.29 is 9.47 Å².